The maximum atomic E-state index is 13.7. The third-order valence-electron chi connectivity index (χ3n) is 7.22. The van der Waals surface area contributed by atoms with Crippen molar-refractivity contribution in [3.63, 3.8) is 0 Å². The number of aliphatic hydroxyl groups is 4. The van der Waals surface area contributed by atoms with Crippen LogP contribution in [0.4, 0.5) is 0 Å². The summed E-state index contributed by atoms with van der Waals surface area (Å²) < 4.78 is 0. The normalized spacial score (nSPS) is 31.5. The molecular formula is C23H26N2O8. The Hall–Kier alpha value is -3.21. The van der Waals surface area contributed by atoms with Crippen molar-refractivity contribution >= 4 is 23.2 Å². The Bertz CT molecular complexity index is 1200. The van der Waals surface area contributed by atoms with Crippen LogP contribution >= 0.6 is 0 Å². The zero-order valence-electron chi connectivity index (χ0n) is 18.6. The lowest BCUT2D eigenvalue weighted by Crippen LogP contribution is -2.70. The Balaban J connectivity index is 2.06. The van der Waals surface area contributed by atoms with E-state index in [1.54, 1.807) is 19.9 Å². The minimum Gasteiger partial charge on any atom is -0.508 e. The first-order valence-electron chi connectivity index (χ1n) is 10.4. The lowest BCUT2D eigenvalue weighted by molar-refractivity contribution is -0.168. The largest absolute Gasteiger partial charge is 0.508 e. The molecule has 1 saturated carbocycles. The second-order valence-corrected chi connectivity index (χ2v) is 9.26. The van der Waals surface area contributed by atoms with Crippen molar-refractivity contribution in [3.8, 4) is 5.75 Å². The van der Waals surface area contributed by atoms with Crippen LogP contribution in [0.3, 0.4) is 0 Å². The van der Waals surface area contributed by atoms with Gasteiger partial charge in [0.05, 0.1) is 23.6 Å². The molecule has 0 aliphatic heterocycles. The molecule has 0 heterocycles. The summed E-state index contributed by atoms with van der Waals surface area (Å²) in [6, 6.07) is 0.352. The minimum absolute atomic E-state index is 0.0102. The Morgan fingerprint density at radius 1 is 1.15 bits per heavy atom. The van der Waals surface area contributed by atoms with E-state index in [-0.39, 0.29) is 17.7 Å². The number of likely N-dealkylation sites (N-methyl/N-ethyl adjacent to an activating group) is 1. The molecule has 1 aromatic rings. The maximum Gasteiger partial charge on any atom is 0.255 e. The third-order valence-corrected chi connectivity index (χ3v) is 7.22. The van der Waals surface area contributed by atoms with Gasteiger partial charge < -0.3 is 31.3 Å². The fourth-order valence-electron chi connectivity index (χ4n) is 5.68. The number of rotatable bonds is 2. The first-order valence-corrected chi connectivity index (χ1v) is 10.4. The summed E-state index contributed by atoms with van der Waals surface area (Å²) in [4.78, 5) is 40.0. The molecule has 3 aliphatic rings. The molecule has 3 aliphatic carbocycles. The highest BCUT2D eigenvalue weighted by Crippen LogP contribution is 2.53. The maximum absolute atomic E-state index is 13.7. The molecular weight excluding hydrogens is 432 g/mol. The molecule has 0 bridgehead atoms. The van der Waals surface area contributed by atoms with E-state index >= 15 is 0 Å². The van der Waals surface area contributed by atoms with Crippen LogP contribution in [0.25, 0.3) is 5.76 Å². The zero-order valence-corrected chi connectivity index (χ0v) is 18.6. The van der Waals surface area contributed by atoms with Crippen LogP contribution in [-0.4, -0.2) is 79.7 Å². The van der Waals surface area contributed by atoms with Gasteiger partial charge in [-0.25, -0.2) is 0 Å². The number of benzene rings is 1. The van der Waals surface area contributed by atoms with Crippen LogP contribution in [0.1, 0.15) is 22.3 Å². The van der Waals surface area contributed by atoms with Crippen molar-refractivity contribution in [2.45, 2.75) is 38.0 Å². The fourth-order valence-corrected chi connectivity index (χ4v) is 5.68. The van der Waals surface area contributed by atoms with Crippen LogP contribution in [0.5, 0.6) is 5.75 Å². The van der Waals surface area contributed by atoms with Crippen LogP contribution in [-0.2, 0) is 20.8 Å². The Morgan fingerprint density at radius 2 is 1.76 bits per heavy atom. The molecule has 176 valence electrons. The zero-order chi connectivity index (χ0) is 24.7. The van der Waals surface area contributed by atoms with Crippen LogP contribution in [0.15, 0.2) is 23.0 Å². The summed E-state index contributed by atoms with van der Waals surface area (Å²) in [5.41, 5.74) is 2.75. The van der Waals surface area contributed by atoms with Crippen molar-refractivity contribution < 1.29 is 39.9 Å². The fraction of sp³-hybridized carbons (Fsp3) is 0.435. The number of hydrogen-bond donors (Lipinski definition) is 6. The molecule has 7 N–H and O–H groups in total. The van der Waals surface area contributed by atoms with Gasteiger partial charge in [-0.2, -0.15) is 0 Å². The summed E-state index contributed by atoms with van der Waals surface area (Å²) in [7, 11) is 2.93. The number of aryl methyl sites for hydroxylation is 2. The molecule has 0 radical (unpaired) electrons. The van der Waals surface area contributed by atoms with Crippen LogP contribution in [0, 0.1) is 25.7 Å². The number of ketones is 2. The standard InChI is InChI=1S/C23H26N2O8/c1-7-5-8(2)16(26)11-9(7)6-10-12(18(11)28)20(30)23(33)14(17(10)27)15(25(3)4)19(29)13(21(23)31)22(24)32/h5,10,14-15,17,26-28,31,33H,6H2,1-4H3,(H2,24,32)/t10?,14?,15-,17-,23-/m0/s1. The number of hydrogen-bond acceptors (Lipinski definition) is 9. The number of phenols is 1. The average molecular weight is 458 g/mol. The molecule has 2 unspecified atom stereocenters. The van der Waals surface area contributed by atoms with Crippen LogP contribution < -0.4 is 5.73 Å². The number of Topliss-reactive ketones (excluding diaryl/α,β-unsaturated/α-hetero) is 2. The molecule has 1 aromatic carbocycles. The average Bonchev–Trinajstić information content (AvgIpc) is 2.71. The SMILES string of the molecule is Cc1cc(C)c2c(c1O)C(O)=C1C(=O)[C@]3(O)C(O)=C(C(N)=O)C(=O)[C@@H](N(C)C)C3[C@@H](O)C1C2. The monoisotopic (exact) mass is 458 g/mol. The second-order valence-electron chi connectivity index (χ2n) is 9.26. The summed E-state index contributed by atoms with van der Waals surface area (Å²) in [6.45, 7) is 3.38. The van der Waals surface area contributed by atoms with E-state index in [0.29, 0.717) is 16.7 Å². The van der Waals surface area contributed by atoms with E-state index in [4.69, 9.17) is 5.73 Å². The van der Waals surface area contributed by atoms with Crippen molar-refractivity contribution in [3.05, 3.63) is 45.2 Å². The van der Waals surface area contributed by atoms with Crippen molar-refractivity contribution in [1.82, 2.24) is 4.90 Å². The lowest BCUT2D eigenvalue weighted by atomic mass is 9.56. The number of nitrogens with zero attached hydrogens (tertiary/aromatic N) is 1. The van der Waals surface area contributed by atoms with Crippen molar-refractivity contribution in [2.24, 2.45) is 17.6 Å². The molecule has 4 rings (SSSR count). The molecule has 10 heteroatoms. The van der Waals surface area contributed by atoms with Gasteiger partial charge in [0, 0.05) is 11.5 Å². The molecule has 1 amide bonds. The molecule has 5 atom stereocenters. The summed E-state index contributed by atoms with van der Waals surface area (Å²) in [6.07, 6.45) is -1.54. The first kappa shape index (κ1) is 23.0. The number of aliphatic hydroxyl groups excluding tert-OH is 3. The van der Waals surface area contributed by atoms with Gasteiger partial charge in [-0.3, -0.25) is 19.3 Å². The molecule has 0 spiro atoms. The number of nitrogens with two attached hydrogens (primary N) is 1. The highest BCUT2D eigenvalue weighted by atomic mass is 16.4. The van der Waals surface area contributed by atoms with Gasteiger partial charge in [0.1, 0.15) is 22.8 Å². The molecule has 1 fully saturated rings. The Kier molecular flexibility index (Phi) is 4.97. The predicted molar refractivity (Wildman–Crippen MR) is 115 cm³/mol. The van der Waals surface area contributed by atoms with Gasteiger partial charge in [-0.05, 0) is 51.1 Å². The van der Waals surface area contributed by atoms with Crippen molar-refractivity contribution in [1.29, 1.82) is 0 Å². The smallest absolute Gasteiger partial charge is 0.255 e. The minimum atomic E-state index is -2.89. The van der Waals surface area contributed by atoms with Gasteiger partial charge in [-0.15, -0.1) is 0 Å². The van der Waals surface area contributed by atoms with E-state index in [1.807, 2.05) is 0 Å². The molecule has 33 heavy (non-hydrogen) atoms. The van der Waals surface area contributed by atoms with Gasteiger partial charge in [0.25, 0.3) is 5.91 Å². The number of amides is 1. The topological polar surface area (TPSA) is 182 Å². The van der Waals surface area contributed by atoms with Gasteiger partial charge in [-0.1, -0.05) is 6.07 Å². The Morgan fingerprint density at radius 3 is 2.30 bits per heavy atom. The summed E-state index contributed by atoms with van der Waals surface area (Å²) in [5.74, 6) is -8.14. The van der Waals surface area contributed by atoms with E-state index < -0.39 is 69.7 Å². The first-order chi connectivity index (χ1) is 15.3. The van der Waals surface area contributed by atoms with Crippen LogP contribution in [0.2, 0.25) is 0 Å². The molecule has 0 saturated heterocycles. The number of phenolic OH excluding ortho intramolecular Hbond substituents is 1. The van der Waals surface area contributed by atoms with Crippen molar-refractivity contribution in [2.75, 3.05) is 14.1 Å². The number of carbonyl (C=O) groups is 3. The summed E-state index contributed by atoms with van der Waals surface area (Å²) >= 11 is 0. The van der Waals surface area contributed by atoms with Gasteiger partial charge in [0.15, 0.2) is 11.4 Å². The highest BCUT2D eigenvalue weighted by molar-refractivity contribution is 6.24. The van der Waals surface area contributed by atoms with Gasteiger partial charge in [0.2, 0.25) is 5.78 Å². The quantitative estimate of drug-likeness (QED) is 0.320. The molecule has 10 nitrogen and oxygen atoms in total. The predicted octanol–water partition coefficient (Wildman–Crippen LogP) is -0.448. The van der Waals surface area contributed by atoms with E-state index in [1.165, 1.54) is 19.0 Å². The number of aromatic hydroxyl groups is 1. The summed E-state index contributed by atoms with van der Waals surface area (Å²) in [5, 5.41) is 55.3. The second kappa shape index (κ2) is 7.14. The number of fused-ring (bicyclic) bond motifs is 3. The lowest BCUT2D eigenvalue weighted by Gasteiger charge is -2.52. The van der Waals surface area contributed by atoms with E-state index in [2.05, 4.69) is 0 Å². The Labute approximate surface area is 189 Å². The van der Waals surface area contributed by atoms with E-state index in [0.717, 1.165) is 0 Å². The number of carbonyl (C=O) groups excluding carboxylic acids is 3. The molecule has 0 aromatic heterocycles. The number of primary amides is 1. The third kappa shape index (κ3) is 2.74. The van der Waals surface area contributed by atoms with Gasteiger partial charge >= 0.3 is 0 Å². The highest BCUT2D eigenvalue weighted by Gasteiger charge is 2.67. The van der Waals surface area contributed by atoms with E-state index in [9.17, 15) is 39.9 Å².